The van der Waals surface area contributed by atoms with Gasteiger partial charge in [-0.1, -0.05) is 19.1 Å². The first kappa shape index (κ1) is 15.2. The highest BCUT2D eigenvalue weighted by Gasteiger charge is 2.14. The van der Waals surface area contributed by atoms with Gasteiger partial charge in [0.05, 0.1) is 17.3 Å². The van der Waals surface area contributed by atoms with Gasteiger partial charge in [-0.25, -0.2) is 9.31 Å². The summed E-state index contributed by atoms with van der Waals surface area (Å²) in [4.78, 5) is 11.3. The van der Waals surface area contributed by atoms with Crippen LogP contribution in [-0.4, -0.2) is 20.7 Å². The van der Waals surface area contributed by atoms with Crippen LogP contribution in [0.5, 0.6) is 0 Å². The summed E-state index contributed by atoms with van der Waals surface area (Å²) in [7, 11) is 0. The number of furan rings is 1. The zero-order valence-corrected chi connectivity index (χ0v) is 13.6. The van der Waals surface area contributed by atoms with E-state index < -0.39 is 5.97 Å². The van der Waals surface area contributed by atoms with Gasteiger partial charge in [0.1, 0.15) is 5.69 Å². The Morgan fingerprint density at radius 2 is 2.04 bits per heavy atom. The Morgan fingerprint density at radius 1 is 1.16 bits per heavy atom. The second kappa shape index (κ2) is 5.94. The van der Waals surface area contributed by atoms with Gasteiger partial charge < -0.3 is 9.52 Å². The van der Waals surface area contributed by atoms with E-state index in [0.29, 0.717) is 11.5 Å². The number of fused-ring (bicyclic) bond motifs is 1. The molecule has 124 valence electrons. The number of aryl methyl sites for hydroxylation is 1. The van der Waals surface area contributed by atoms with E-state index in [9.17, 15) is 9.90 Å². The van der Waals surface area contributed by atoms with Crippen molar-refractivity contribution in [3.05, 3.63) is 72.1 Å². The van der Waals surface area contributed by atoms with Crippen molar-refractivity contribution < 1.29 is 14.3 Å². The molecule has 0 atom stereocenters. The lowest BCUT2D eigenvalue weighted by Crippen LogP contribution is -2.01. The Hall–Kier alpha value is -3.34. The van der Waals surface area contributed by atoms with Crippen molar-refractivity contribution in [2.75, 3.05) is 0 Å². The molecule has 0 saturated heterocycles. The van der Waals surface area contributed by atoms with Crippen LogP contribution < -0.4 is 0 Å². The fourth-order valence-corrected chi connectivity index (χ4v) is 3.00. The lowest BCUT2D eigenvalue weighted by molar-refractivity contribution is 0.0697. The molecule has 1 aromatic carbocycles. The number of benzene rings is 1. The van der Waals surface area contributed by atoms with Crippen LogP contribution in [0.15, 0.2) is 65.3 Å². The van der Waals surface area contributed by atoms with Crippen molar-refractivity contribution in [2.24, 2.45) is 0 Å². The molecule has 0 aliphatic heterocycles. The molecule has 4 aromatic rings. The molecular formula is C20H16N2O3. The molecule has 4 rings (SSSR count). The minimum absolute atomic E-state index is 0.259. The maximum atomic E-state index is 11.3. The monoisotopic (exact) mass is 332 g/mol. The normalized spacial score (nSPS) is 11.1. The summed E-state index contributed by atoms with van der Waals surface area (Å²) in [5, 5.41) is 14.0. The number of hydrogen-bond acceptors (Lipinski definition) is 3. The van der Waals surface area contributed by atoms with Crippen LogP contribution in [0, 0.1) is 0 Å². The molecule has 0 saturated carbocycles. The third-order valence-electron chi connectivity index (χ3n) is 4.25. The predicted molar refractivity (Wildman–Crippen MR) is 94.7 cm³/mol. The number of carboxylic acids is 1. The number of nitrogens with zero attached hydrogens (tertiary/aromatic N) is 2. The van der Waals surface area contributed by atoms with Crippen molar-refractivity contribution in [3.63, 3.8) is 0 Å². The van der Waals surface area contributed by atoms with Gasteiger partial charge in [0, 0.05) is 11.3 Å². The van der Waals surface area contributed by atoms with Crippen LogP contribution in [0.25, 0.3) is 28.1 Å². The minimum atomic E-state index is -0.942. The molecule has 0 radical (unpaired) electrons. The van der Waals surface area contributed by atoms with Crippen LogP contribution in [-0.2, 0) is 6.42 Å². The topological polar surface area (TPSA) is 67.7 Å². The summed E-state index contributed by atoms with van der Waals surface area (Å²) in [6.45, 7) is 2.08. The van der Waals surface area contributed by atoms with Gasteiger partial charge in [0.15, 0.2) is 5.76 Å². The second-order valence-electron chi connectivity index (χ2n) is 5.78. The largest absolute Gasteiger partial charge is 0.478 e. The zero-order chi connectivity index (χ0) is 17.4. The summed E-state index contributed by atoms with van der Waals surface area (Å²) >= 11 is 0. The van der Waals surface area contributed by atoms with Crippen molar-refractivity contribution in [2.45, 2.75) is 13.3 Å². The Labute approximate surface area is 144 Å². The van der Waals surface area contributed by atoms with E-state index in [0.717, 1.165) is 28.8 Å². The Balaban J connectivity index is 2.00. The molecule has 1 N–H and O–H groups in total. The quantitative estimate of drug-likeness (QED) is 0.596. The number of rotatable bonds is 4. The van der Waals surface area contributed by atoms with Gasteiger partial charge in [-0.15, -0.1) is 0 Å². The van der Waals surface area contributed by atoms with E-state index in [-0.39, 0.29) is 5.56 Å². The molecule has 0 bridgehead atoms. The fraction of sp³-hybridized carbons (Fsp3) is 0.100. The summed E-state index contributed by atoms with van der Waals surface area (Å²) in [6, 6.07) is 16.6. The van der Waals surface area contributed by atoms with Gasteiger partial charge in [-0.05, 0) is 54.4 Å². The number of aromatic carboxylic acids is 1. The molecule has 0 fully saturated rings. The molecule has 0 amide bonds. The lowest BCUT2D eigenvalue weighted by Gasteiger charge is -2.10. The maximum absolute atomic E-state index is 11.3. The summed E-state index contributed by atoms with van der Waals surface area (Å²) in [6.07, 6.45) is 2.46. The van der Waals surface area contributed by atoms with E-state index in [2.05, 4.69) is 6.92 Å². The van der Waals surface area contributed by atoms with Crippen molar-refractivity contribution >= 4 is 11.5 Å². The van der Waals surface area contributed by atoms with E-state index in [4.69, 9.17) is 9.52 Å². The van der Waals surface area contributed by atoms with E-state index in [1.807, 2.05) is 40.9 Å². The first-order valence-corrected chi connectivity index (χ1v) is 8.06. The maximum Gasteiger partial charge on any atom is 0.335 e. The third-order valence-corrected chi connectivity index (χ3v) is 4.25. The number of hydrogen-bond donors (Lipinski definition) is 1. The number of carbonyl (C=O) groups is 1. The highest BCUT2D eigenvalue weighted by molar-refractivity contribution is 5.91. The van der Waals surface area contributed by atoms with Gasteiger partial charge in [-0.2, -0.15) is 5.10 Å². The lowest BCUT2D eigenvalue weighted by atomic mass is 10.0. The van der Waals surface area contributed by atoms with Crippen molar-refractivity contribution in [1.29, 1.82) is 0 Å². The van der Waals surface area contributed by atoms with Gasteiger partial charge >= 0.3 is 5.97 Å². The minimum Gasteiger partial charge on any atom is -0.478 e. The highest BCUT2D eigenvalue weighted by atomic mass is 16.4. The highest BCUT2D eigenvalue weighted by Crippen LogP contribution is 2.30. The van der Waals surface area contributed by atoms with E-state index in [1.54, 1.807) is 24.5 Å². The number of carboxylic acid groups (broad SMARTS) is 1. The smallest absolute Gasteiger partial charge is 0.335 e. The Kier molecular flexibility index (Phi) is 3.61. The summed E-state index contributed by atoms with van der Waals surface area (Å²) in [5.41, 5.74) is 4.74. The Morgan fingerprint density at radius 3 is 2.76 bits per heavy atom. The standard InChI is InChI=1S/C20H16N2O3/c1-2-15-8-9-18-16(13-5-3-6-14(11-13)20(23)24)12-17(21-22(15)18)19-7-4-10-25-19/h3-12H,2H2,1H3,(H,23,24). The van der Waals surface area contributed by atoms with Crippen molar-refractivity contribution in [3.8, 4) is 22.6 Å². The van der Waals surface area contributed by atoms with E-state index in [1.165, 1.54) is 0 Å². The molecule has 3 heterocycles. The van der Waals surface area contributed by atoms with Crippen molar-refractivity contribution in [1.82, 2.24) is 9.61 Å². The molecule has 5 nitrogen and oxygen atoms in total. The molecular weight excluding hydrogens is 316 g/mol. The first-order valence-electron chi connectivity index (χ1n) is 8.06. The first-order chi connectivity index (χ1) is 12.2. The van der Waals surface area contributed by atoms with Crippen LogP contribution in [0.1, 0.15) is 23.0 Å². The molecule has 5 heteroatoms. The van der Waals surface area contributed by atoms with Crippen LogP contribution in [0.2, 0.25) is 0 Å². The summed E-state index contributed by atoms with van der Waals surface area (Å²) < 4.78 is 7.40. The second-order valence-corrected chi connectivity index (χ2v) is 5.78. The van der Waals surface area contributed by atoms with Gasteiger partial charge in [-0.3, -0.25) is 0 Å². The molecule has 3 aromatic heterocycles. The molecule has 0 aliphatic carbocycles. The molecule has 25 heavy (non-hydrogen) atoms. The SMILES string of the molecule is CCc1ccc2c(-c3cccc(C(=O)O)c3)cc(-c3ccco3)nn12. The Bertz CT molecular complexity index is 1060. The number of aromatic nitrogens is 2. The molecule has 0 aliphatic rings. The van der Waals surface area contributed by atoms with E-state index >= 15 is 0 Å². The third kappa shape index (κ3) is 2.59. The van der Waals surface area contributed by atoms with Gasteiger partial charge in [0.2, 0.25) is 0 Å². The fourth-order valence-electron chi connectivity index (χ4n) is 3.00. The predicted octanol–water partition coefficient (Wildman–Crippen LogP) is 4.52. The van der Waals surface area contributed by atoms with Crippen LogP contribution in [0.4, 0.5) is 0 Å². The average Bonchev–Trinajstić information content (AvgIpc) is 3.30. The van der Waals surface area contributed by atoms with Crippen LogP contribution in [0.3, 0.4) is 0 Å². The molecule has 0 unspecified atom stereocenters. The summed E-state index contributed by atoms with van der Waals surface area (Å²) in [5.74, 6) is -0.267. The zero-order valence-electron chi connectivity index (χ0n) is 13.6. The average molecular weight is 332 g/mol. The van der Waals surface area contributed by atoms with Crippen LogP contribution >= 0.6 is 0 Å². The molecule has 0 spiro atoms. The van der Waals surface area contributed by atoms with Gasteiger partial charge in [0.25, 0.3) is 0 Å².